The van der Waals surface area contributed by atoms with Gasteiger partial charge in [-0.25, -0.2) is 4.79 Å². The highest BCUT2D eigenvalue weighted by Gasteiger charge is 2.14. The Morgan fingerprint density at radius 1 is 0.731 bits per heavy atom. The minimum atomic E-state index is -1.05. The minimum Gasteiger partial charge on any atom is -0.478 e. The van der Waals surface area contributed by atoms with Crippen LogP contribution in [0.4, 0.5) is 0 Å². The monoisotopic (exact) mass is 352 g/mol. The molecule has 0 spiro atoms. The number of carbonyl (C=O) groups is 3. The highest BCUT2D eigenvalue weighted by molar-refractivity contribution is 6.13. The van der Waals surface area contributed by atoms with Crippen LogP contribution in [0.1, 0.15) is 75.7 Å². The van der Waals surface area contributed by atoms with Crippen molar-refractivity contribution < 1.29 is 19.5 Å². The summed E-state index contributed by atoms with van der Waals surface area (Å²) in [6.07, 6.45) is 5.59. The lowest BCUT2D eigenvalue weighted by molar-refractivity contribution is 0.0695. The Morgan fingerprint density at radius 2 is 1.23 bits per heavy atom. The van der Waals surface area contributed by atoms with Crippen molar-refractivity contribution in [3.8, 4) is 0 Å². The summed E-state index contributed by atoms with van der Waals surface area (Å²) in [5, 5.41) is 8.87. The zero-order valence-electron chi connectivity index (χ0n) is 15.0. The maximum Gasteiger partial charge on any atom is 0.335 e. The smallest absolute Gasteiger partial charge is 0.335 e. The lowest BCUT2D eigenvalue weighted by Crippen LogP contribution is -2.09. The summed E-state index contributed by atoms with van der Waals surface area (Å²) in [5.74, 6) is -1.58. The molecule has 2 aromatic rings. The van der Waals surface area contributed by atoms with E-state index in [2.05, 4.69) is 6.92 Å². The molecule has 4 heteroatoms. The van der Waals surface area contributed by atoms with E-state index in [9.17, 15) is 14.4 Å². The van der Waals surface area contributed by atoms with Gasteiger partial charge in [-0.2, -0.15) is 0 Å². The SMILES string of the molecule is CCCCCCc1ccc(C(=O)CC(=O)c2ccc(C(=O)O)cc2)cc1. The molecule has 0 aliphatic heterocycles. The standard InChI is InChI=1S/C22H24O4/c1-2-3-4-5-6-16-7-9-17(10-8-16)20(23)15-21(24)18-11-13-19(14-12-18)22(25)26/h7-14H,2-6,15H2,1H3,(H,25,26). The fraction of sp³-hybridized carbons (Fsp3) is 0.318. The molecule has 0 aliphatic carbocycles. The number of hydrogen-bond donors (Lipinski definition) is 1. The summed E-state index contributed by atoms with van der Waals surface area (Å²) in [6, 6.07) is 13.1. The van der Waals surface area contributed by atoms with Crippen LogP contribution in [-0.2, 0) is 6.42 Å². The number of carboxylic acid groups (broad SMARTS) is 1. The summed E-state index contributed by atoms with van der Waals surface area (Å²) in [5.41, 5.74) is 2.18. The fourth-order valence-corrected chi connectivity index (χ4v) is 2.76. The molecule has 0 heterocycles. The Balaban J connectivity index is 1.92. The van der Waals surface area contributed by atoms with Crippen LogP contribution < -0.4 is 0 Å². The summed E-state index contributed by atoms with van der Waals surface area (Å²) in [7, 11) is 0. The van der Waals surface area contributed by atoms with Gasteiger partial charge in [-0.05, 0) is 30.5 Å². The highest BCUT2D eigenvalue weighted by Crippen LogP contribution is 2.13. The van der Waals surface area contributed by atoms with Crippen LogP contribution in [0, 0.1) is 0 Å². The van der Waals surface area contributed by atoms with E-state index in [1.54, 1.807) is 12.1 Å². The summed E-state index contributed by atoms with van der Waals surface area (Å²) >= 11 is 0. The van der Waals surface area contributed by atoms with Gasteiger partial charge in [0, 0.05) is 11.1 Å². The van der Waals surface area contributed by atoms with Gasteiger partial charge in [0.05, 0.1) is 12.0 Å². The van der Waals surface area contributed by atoms with Crippen molar-refractivity contribution in [3.05, 3.63) is 70.8 Å². The van der Waals surface area contributed by atoms with Gasteiger partial charge < -0.3 is 5.11 Å². The molecule has 136 valence electrons. The number of ketones is 2. The molecule has 0 unspecified atom stereocenters. The van der Waals surface area contributed by atoms with E-state index in [4.69, 9.17) is 5.11 Å². The maximum absolute atomic E-state index is 12.3. The lowest BCUT2D eigenvalue weighted by atomic mass is 9.99. The summed E-state index contributed by atoms with van der Waals surface area (Å²) in [4.78, 5) is 35.3. The Labute approximate surface area is 153 Å². The molecule has 0 fully saturated rings. The molecule has 1 N–H and O–H groups in total. The third kappa shape index (κ3) is 5.66. The zero-order valence-corrected chi connectivity index (χ0v) is 15.0. The van der Waals surface area contributed by atoms with Crippen molar-refractivity contribution in [1.82, 2.24) is 0 Å². The molecule has 0 aromatic heterocycles. The molecule has 0 amide bonds. The van der Waals surface area contributed by atoms with Gasteiger partial charge in [-0.3, -0.25) is 9.59 Å². The van der Waals surface area contributed by atoms with Gasteiger partial charge in [0.1, 0.15) is 0 Å². The average molecular weight is 352 g/mol. The van der Waals surface area contributed by atoms with Crippen LogP contribution >= 0.6 is 0 Å². The van der Waals surface area contributed by atoms with Crippen LogP contribution in [0.5, 0.6) is 0 Å². The van der Waals surface area contributed by atoms with Crippen LogP contribution in [0.25, 0.3) is 0 Å². The van der Waals surface area contributed by atoms with Crippen molar-refractivity contribution in [3.63, 3.8) is 0 Å². The number of unbranched alkanes of at least 4 members (excludes halogenated alkanes) is 3. The molecule has 2 aromatic carbocycles. The molecule has 0 radical (unpaired) electrons. The molecule has 0 saturated carbocycles. The predicted molar refractivity (Wildman–Crippen MR) is 101 cm³/mol. The van der Waals surface area contributed by atoms with E-state index in [1.165, 1.54) is 49.1 Å². The Morgan fingerprint density at radius 3 is 1.73 bits per heavy atom. The zero-order chi connectivity index (χ0) is 18.9. The largest absolute Gasteiger partial charge is 0.478 e. The van der Waals surface area contributed by atoms with E-state index >= 15 is 0 Å². The highest BCUT2D eigenvalue weighted by atomic mass is 16.4. The number of benzene rings is 2. The molecule has 0 aliphatic rings. The first-order chi connectivity index (χ1) is 12.5. The molecule has 4 nitrogen and oxygen atoms in total. The normalized spacial score (nSPS) is 10.5. The molecule has 26 heavy (non-hydrogen) atoms. The maximum atomic E-state index is 12.3. The van der Waals surface area contributed by atoms with Gasteiger partial charge in [-0.15, -0.1) is 0 Å². The van der Waals surface area contributed by atoms with E-state index in [0.717, 1.165) is 12.8 Å². The van der Waals surface area contributed by atoms with Crippen molar-refractivity contribution in [2.24, 2.45) is 0 Å². The number of Topliss-reactive ketones (excluding diaryl/α,β-unsaturated/α-hetero) is 2. The Bertz CT molecular complexity index is 758. The van der Waals surface area contributed by atoms with Crippen molar-refractivity contribution in [2.45, 2.75) is 45.4 Å². The Kier molecular flexibility index (Phi) is 7.27. The van der Waals surface area contributed by atoms with Crippen molar-refractivity contribution in [1.29, 1.82) is 0 Å². The van der Waals surface area contributed by atoms with E-state index in [1.807, 2.05) is 12.1 Å². The summed E-state index contributed by atoms with van der Waals surface area (Å²) in [6.45, 7) is 2.18. The first-order valence-corrected chi connectivity index (χ1v) is 9.00. The number of rotatable bonds is 10. The second-order valence-corrected chi connectivity index (χ2v) is 6.41. The van der Waals surface area contributed by atoms with Crippen molar-refractivity contribution >= 4 is 17.5 Å². The van der Waals surface area contributed by atoms with Gasteiger partial charge in [0.2, 0.25) is 0 Å². The quantitative estimate of drug-likeness (QED) is 0.372. The Hall–Kier alpha value is -2.75. The molecule has 0 saturated heterocycles. The fourth-order valence-electron chi connectivity index (χ4n) is 2.76. The van der Waals surface area contributed by atoms with Crippen LogP contribution in [0.2, 0.25) is 0 Å². The second-order valence-electron chi connectivity index (χ2n) is 6.41. The van der Waals surface area contributed by atoms with E-state index in [-0.39, 0.29) is 23.6 Å². The number of hydrogen-bond acceptors (Lipinski definition) is 3. The van der Waals surface area contributed by atoms with E-state index in [0.29, 0.717) is 11.1 Å². The average Bonchev–Trinajstić information content (AvgIpc) is 2.65. The van der Waals surface area contributed by atoms with Crippen LogP contribution in [0.3, 0.4) is 0 Å². The van der Waals surface area contributed by atoms with E-state index < -0.39 is 5.97 Å². The van der Waals surface area contributed by atoms with Gasteiger partial charge >= 0.3 is 5.97 Å². The first-order valence-electron chi connectivity index (χ1n) is 9.00. The first kappa shape index (κ1) is 19.6. The molecule has 2 rings (SSSR count). The second kappa shape index (κ2) is 9.66. The summed E-state index contributed by atoms with van der Waals surface area (Å²) < 4.78 is 0. The van der Waals surface area contributed by atoms with Crippen molar-refractivity contribution in [2.75, 3.05) is 0 Å². The molecule has 0 bridgehead atoms. The van der Waals surface area contributed by atoms with Gasteiger partial charge in [-0.1, -0.05) is 62.6 Å². The molecular weight excluding hydrogens is 328 g/mol. The molecule has 0 atom stereocenters. The van der Waals surface area contributed by atoms with Gasteiger partial charge in [0.15, 0.2) is 11.6 Å². The predicted octanol–water partition coefficient (Wildman–Crippen LogP) is 4.96. The third-order valence-corrected chi connectivity index (χ3v) is 4.37. The number of aryl methyl sites for hydroxylation is 1. The minimum absolute atomic E-state index is 0.113. The topological polar surface area (TPSA) is 71.4 Å². The number of carboxylic acids is 1. The van der Waals surface area contributed by atoms with Crippen LogP contribution in [0.15, 0.2) is 48.5 Å². The number of carbonyl (C=O) groups excluding carboxylic acids is 2. The lowest BCUT2D eigenvalue weighted by Gasteiger charge is -2.05. The third-order valence-electron chi connectivity index (χ3n) is 4.37. The van der Waals surface area contributed by atoms with Gasteiger partial charge in [0.25, 0.3) is 0 Å². The molecular formula is C22H24O4. The number of aromatic carboxylic acids is 1. The van der Waals surface area contributed by atoms with Crippen LogP contribution in [-0.4, -0.2) is 22.6 Å².